The molecule has 9 heteroatoms. The molecule has 0 fully saturated rings. The summed E-state index contributed by atoms with van der Waals surface area (Å²) in [7, 11) is -3.54. The summed E-state index contributed by atoms with van der Waals surface area (Å²) in [4.78, 5) is 0. The predicted molar refractivity (Wildman–Crippen MR) is 79.2 cm³/mol. The summed E-state index contributed by atoms with van der Waals surface area (Å²) in [6, 6.07) is 6.47. The highest BCUT2D eigenvalue weighted by atomic mass is 32.2. The normalized spacial score (nSPS) is 12.1. The molecule has 1 rings (SSSR count). The van der Waals surface area contributed by atoms with Crippen molar-refractivity contribution in [3.05, 3.63) is 24.3 Å². The van der Waals surface area contributed by atoms with Crippen molar-refractivity contribution >= 4 is 21.5 Å². The quantitative estimate of drug-likeness (QED) is 0.201. The van der Waals surface area contributed by atoms with E-state index in [-0.39, 0.29) is 36.2 Å². The SMILES string of the molecule is CCOCCS(=O)(=O)Nc1ccccc1OCC(N)=NO. The lowest BCUT2D eigenvalue weighted by atomic mass is 10.3. The van der Waals surface area contributed by atoms with E-state index in [4.69, 9.17) is 20.4 Å². The summed E-state index contributed by atoms with van der Waals surface area (Å²) in [6.45, 7) is 2.19. The Hall–Kier alpha value is -2.00. The van der Waals surface area contributed by atoms with E-state index in [2.05, 4.69) is 9.88 Å². The lowest BCUT2D eigenvalue weighted by Gasteiger charge is -2.13. The van der Waals surface area contributed by atoms with Gasteiger partial charge in [0.2, 0.25) is 10.0 Å². The minimum atomic E-state index is -3.54. The predicted octanol–water partition coefficient (Wildman–Crippen LogP) is 0.590. The molecule has 0 unspecified atom stereocenters. The fourth-order valence-corrected chi connectivity index (χ4v) is 2.33. The van der Waals surface area contributed by atoms with Crippen molar-refractivity contribution in [2.45, 2.75) is 6.92 Å². The number of hydrogen-bond donors (Lipinski definition) is 3. The van der Waals surface area contributed by atoms with Gasteiger partial charge >= 0.3 is 0 Å². The summed E-state index contributed by atoms with van der Waals surface area (Å²) in [5.41, 5.74) is 5.58. The molecule has 0 aromatic heterocycles. The van der Waals surface area contributed by atoms with E-state index < -0.39 is 10.0 Å². The number of rotatable bonds is 9. The second kappa shape index (κ2) is 8.32. The van der Waals surface area contributed by atoms with Gasteiger partial charge in [-0.3, -0.25) is 4.72 Å². The zero-order valence-electron chi connectivity index (χ0n) is 11.7. The lowest BCUT2D eigenvalue weighted by molar-refractivity contribution is 0.163. The molecular weight excluding hydrogens is 298 g/mol. The molecule has 8 nitrogen and oxygen atoms in total. The van der Waals surface area contributed by atoms with Crippen LogP contribution in [-0.2, 0) is 14.8 Å². The van der Waals surface area contributed by atoms with Gasteiger partial charge < -0.3 is 20.4 Å². The Kier molecular flexibility index (Phi) is 6.76. The molecule has 4 N–H and O–H groups in total. The van der Waals surface area contributed by atoms with E-state index in [1.54, 1.807) is 31.2 Å². The second-order valence-corrected chi connectivity index (χ2v) is 5.84. The summed E-state index contributed by atoms with van der Waals surface area (Å²) in [5.74, 6) is 0.00294. The van der Waals surface area contributed by atoms with Crippen LogP contribution in [0.25, 0.3) is 0 Å². The first-order chi connectivity index (χ1) is 9.98. The van der Waals surface area contributed by atoms with Gasteiger partial charge in [0.1, 0.15) is 12.4 Å². The maximum Gasteiger partial charge on any atom is 0.235 e. The van der Waals surface area contributed by atoms with Crippen LogP contribution in [0.2, 0.25) is 0 Å². The van der Waals surface area contributed by atoms with E-state index in [1.165, 1.54) is 0 Å². The molecule has 0 radical (unpaired) electrons. The number of nitrogens with two attached hydrogens (primary N) is 1. The van der Waals surface area contributed by atoms with Gasteiger partial charge in [-0.05, 0) is 19.1 Å². The third-order valence-electron chi connectivity index (χ3n) is 2.36. The number of nitrogens with one attached hydrogen (secondary N) is 1. The van der Waals surface area contributed by atoms with Crippen LogP contribution in [0.3, 0.4) is 0 Å². The van der Waals surface area contributed by atoms with Gasteiger partial charge in [-0.1, -0.05) is 17.3 Å². The van der Waals surface area contributed by atoms with Gasteiger partial charge in [-0.2, -0.15) is 0 Å². The maximum atomic E-state index is 11.9. The molecule has 0 heterocycles. The average Bonchev–Trinajstić information content (AvgIpc) is 2.45. The van der Waals surface area contributed by atoms with Crippen molar-refractivity contribution in [3.8, 4) is 5.75 Å². The van der Waals surface area contributed by atoms with Crippen LogP contribution in [-0.4, -0.2) is 45.0 Å². The smallest absolute Gasteiger partial charge is 0.235 e. The van der Waals surface area contributed by atoms with Crippen molar-refractivity contribution in [2.24, 2.45) is 10.9 Å². The van der Waals surface area contributed by atoms with Gasteiger partial charge in [-0.25, -0.2) is 8.42 Å². The van der Waals surface area contributed by atoms with Gasteiger partial charge in [-0.15, -0.1) is 0 Å². The molecule has 0 aliphatic rings. The molecule has 0 aliphatic carbocycles. The third-order valence-corrected chi connectivity index (χ3v) is 3.59. The molecule has 0 bridgehead atoms. The number of para-hydroxylation sites is 2. The Morgan fingerprint density at radius 1 is 1.43 bits per heavy atom. The van der Waals surface area contributed by atoms with E-state index in [9.17, 15) is 8.42 Å². The van der Waals surface area contributed by atoms with Crippen LogP contribution in [0.5, 0.6) is 5.75 Å². The molecule has 0 saturated carbocycles. The first-order valence-electron chi connectivity index (χ1n) is 6.25. The second-order valence-electron chi connectivity index (χ2n) is 3.99. The zero-order valence-corrected chi connectivity index (χ0v) is 12.5. The monoisotopic (exact) mass is 317 g/mol. The van der Waals surface area contributed by atoms with Crippen LogP contribution >= 0.6 is 0 Å². The number of oxime groups is 1. The standard InChI is InChI=1S/C12H19N3O5S/c1-2-19-7-8-21(17,18)15-10-5-3-4-6-11(10)20-9-12(13)14-16/h3-6,15-16H,2,7-9H2,1H3,(H2,13,14). The van der Waals surface area contributed by atoms with E-state index in [0.29, 0.717) is 6.61 Å². The van der Waals surface area contributed by atoms with Gasteiger partial charge in [0.25, 0.3) is 0 Å². The van der Waals surface area contributed by atoms with Crippen LogP contribution < -0.4 is 15.2 Å². The Bertz CT molecular complexity index is 574. The van der Waals surface area contributed by atoms with Crippen molar-refractivity contribution in [3.63, 3.8) is 0 Å². The third kappa shape index (κ3) is 6.32. The van der Waals surface area contributed by atoms with Crippen molar-refractivity contribution in [1.29, 1.82) is 0 Å². The Balaban J connectivity index is 2.74. The van der Waals surface area contributed by atoms with E-state index >= 15 is 0 Å². The number of benzene rings is 1. The highest BCUT2D eigenvalue weighted by Crippen LogP contribution is 2.24. The zero-order chi connectivity index (χ0) is 15.7. The van der Waals surface area contributed by atoms with Gasteiger partial charge in [0.05, 0.1) is 18.0 Å². The summed E-state index contributed by atoms with van der Waals surface area (Å²) in [6.07, 6.45) is 0. The number of anilines is 1. The molecule has 0 spiro atoms. The fourth-order valence-electron chi connectivity index (χ4n) is 1.39. The summed E-state index contributed by atoms with van der Waals surface area (Å²) < 4.78 is 36.5. The number of hydrogen-bond acceptors (Lipinski definition) is 6. The van der Waals surface area contributed by atoms with Crippen molar-refractivity contribution < 1.29 is 23.1 Å². The van der Waals surface area contributed by atoms with E-state index in [0.717, 1.165) is 0 Å². The van der Waals surface area contributed by atoms with Gasteiger partial charge in [0.15, 0.2) is 5.84 Å². The molecule has 0 amide bonds. The fraction of sp³-hybridized carbons (Fsp3) is 0.417. The molecule has 0 aliphatic heterocycles. The molecular formula is C12H19N3O5S. The largest absolute Gasteiger partial charge is 0.483 e. The molecule has 1 aromatic carbocycles. The molecule has 118 valence electrons. The number of ether oxygens (including phenoxy) is 2. The van der Waals surface area contributed by atoms with Crippen LogP contribution in [0, 0.1) is 0 Å². The highest BCUT2D eigenvalue weighted by Gasteiger charge is 2.13. The number of sulfonamides is 1. The van der Waals surface area contributed by atoms with Crippen molar-refractivity contribution in [2.75, 3.05) is 30.3 Å². The number of amidine groups is 1. The number of nitrogens with zero attached hydrogens (tertiary/aromatic N) is 1. The maximum absolute atomic E-state index is 11.9. The first-order valence-corrected chi connectivity index (χ1v) is 7.90. The van der Waals surface area contributed by atoms with Crippen LogP contribution in [0.15, 0.2) is 29.4 Å². The highest BCUT2D eigenvalue weighted by molar-refractivity contribution is 7.92. The molecule has 21 heavy (non-hydrogen) atoms. The lowest BCUT2D eigenvalue weighted by Crippen LogP contribution is -2.23. The van der Waals surface area contributed by atoms with Crippen molar-refractivity contribution in [1.82, 2.24) is 0 Å². The van der Waals surface area contributed by atoms with Crippen LogP contribution in [0.1, 0.15) is 6.92 Å². The summed E-state index contributed by atoms with van der Waals surface area (Å²) >= 11 is 0. The Labute approximate surface area is 123 Å². The average molecular weight is 317 g/mol. The first kappa shape index (κ1) is 17.1. The Morgan fingerprint density at radius 2 is 2.14 bits per heavy atom. The molecule has 1 aromatic rings. The molecule has 0 atom stereocenters. The van der Waals surface area contributed by atoms with E-state index in [1.807, 2.05) is 0 Å². The Morgan fingerprint density at radius 3 is 2.81 bits per heavy atom. The minimum Gasteiger partial charge on any atom is -0.483 e. The minimum absolute atomic E-state index is 0.110. The van der Waals surface area contributed by atoms with Gasteiger partial charge in [0, 0.05) is 6.61 Å². The topological polar surface area (TPSA) is 123 Å². The molecule has 0 saturated heterocycles. The van der Waals surface area contributed by atoms with Crippen LogP contribution in [0.4, 0.5) is 5.69 Å². The summed E-state index contributed by atoms with van der Waals surface area (Å²) in [5, 5.41) is 11.2.